The van der Waals surface area contributed by atoms with Gasteiger partial charge in [-0.05, 0) is 36.1 Å². The maximum atomic E-state index is 12.9. The Morgan fingerprint density at radius 2 is 1.96 bits per heavy atom. The first-order valence-corrected chi connectivity index (χ1v) is 9.86. The van der Waals surface area contributed by atoms with Crippen molar-refractivity contribution in [1.82, 2.24) is 4.31 Å². The zero-order valence-corrected chi connectivity index (χ0v) is 16.3. The van der Waals surface area contributed by atoms with Gasteiger partial charge < -0.3 is 4.74 Å². The summed E-state index contributed by atoms with van der Waals surface area (Å²) in [5, 5.41) is 2.37. The summed E-state index contributed by atoms with van der Waals surface area (Å²) in [7, 11) is -1.26. The second kappa shape index (κ2) is 7.41. The number of sulfonamides is 1. The number of ether oxygens (including phenoxy) is 1. The number of hydrogen-bond acceptors (Lipinski definition) is 5. The van der Waals surface area contributed by atoms with E-state index < -0.39 is 22.0 Å². The lowest BCUT2D eigenvalue weighted by Gasteiger charge is -2.25. The van der Waals surface area contributed by atoms with Crippen LogP contribution in [0.1, 0.15) is 28.2 Å². The maximum Gasteiger partial charge on any atom is 0.349 e. The van der Waals surface area contributed by atoms with Gasteiger partial charge in [0.15, 0.2) is 0 Å². The molecule has 0 aliphatic rings. The molecular weight excluding hydrogens is 393 g/mol. The van der Waals surface area contributed by atoms with Crippen LogP contribution in [-0.4, -0.2) is 32.8 Å². The van der Waals surface area contributed by atoms with Crippen LogP contribution in [0.5, 0.6) is 0 Å². The Labute approximate surface area is 154 Å². The summed E-state index contributed by atoms with van der Waals surface area (Å²) in [6, 6.07) is 5.71. The number of nitrogens with zero attached hydrogens (tertiary/aromatic N) is 1. The van der Waals surface area contributed by atoms with Crippen molar-refractivity contribution in [1.29, 1.82) is 0 Å². The summed E-state index contributed by atoms with van der Waals surface area (Å²) in [5.74, 6) is -0.686. The molecule has 1 aromatic heterocycles. The molecule has 0 amide bonds. The highest BCUT2D eigenvalue weighted by molar-refractivity contribution is 7.89. The predicted molar refractivity (Wildman–Crippen MR) is 95.5 cm³/mol. The number of methoxy groups -OCH3 is 1. The molecule has 0 unspecified atom stereocenters. The first-order valence-electron chi connectivity index (χ1n) is 6.79. The van der Waals surface area contributed by atoms with E-state index in [9.17, 15) is 13.2 Å². The molecule has 0 bridgehead atoms. The van der Waals surface area contributed by atoms with Crippen LogP contribution in [0.4, 0.5) is 0 Å². The summed E-state index contributed by atoms with van der Waals surface area (Å²) in [6.07, 6.45) is 0. The fraction of sp³-hybridized carbons (Fsp3) is 0.267. The van der Waals surface area contributed by atoms with E-state index in [4.69, 9.17) is 23.2 Å². The summed E-state index contributed by atoms with van der Waals surface area (Å²) in [6.45, 7) is 1.71. The van der Waals surface area contributed by atoms with E-state index in [-0.39, 0.29) is 9.77 Å². The fourth-order valence-electron chi connectivity index (χ4n) is 2.14. The number of halogens is 2. The van der Waals surface area contributed by atoms with Gasteiger partial charge in [-0.3, -0.25) is 0 Å². The van der Waals surface area contributed by atoms with Crippen LogP contribution in [0, 0.1) is 0 Å². The normalized spacial score (nSPS) is 13.1. The molecule has 0 saturated carbocycles. The van der Waals surface area contributed by atoms with Crippen molar-refractivity contribution in [3.63, 3.8) is 0 Å². The third-order valence-electron chi connectivity index (χ3n) is 3.61. The zero-order valence-electron chi connectivity index (χ0n) is 13.1. The van der Waals surface area contributed by atoms with Crippen molar-refractivity contribution in [3.05, 3.63) is 50.1 Å². The van der Waals surface area contributed by atoms with Gasteiger partial charge in [-0.15, -0.1) is 11.3 Å². The van der Waals surface area contributed by atoms with Crippen LogP contribution >= 0.6 is 34.5 Å². The second-order valence-electron chi connectivity index (χ2n) is 4.97. The number of rotatable bonds is 5. The fourth-order valence-corrected chi connectivity index (χ4v) is 5.36. The lowest BCUT2D eigenvalue weighted by molar-refractivity contribution is 0.0602. The third-order valence-corrected chi connectivity index (χ3v) is 7.17. The molecule has 130 valence electrons. The van der Waals surface area contributed by atoms with Crippen molar-refractivity contribution in [2.75, 3.05) is 14.2 Å². The van der Waals surface area contributed by atoms with Gasteiger partial charge in [-0.1, -0.05) is 29.3 Å². The molecule has 0 fully saturated rings. The Morgan fingerprint density at radius 1 is 1.29 bits per heavy atom. The highest BCUT2D eigenvalue weighted by Crippen LogP contribution is 2.34. The van der Waals surface area contributed by atoms with Crippen LogP contribution in [0.25, 0.3) is 0 Å². The lowest BCUT2D eigenvalue weighted by Crippen LogP contribution is -2.30. The number of benzene rings is 1. The van der Waals surface area contributed by atoms with Crippen LogP contribution in [0.15, 0.2) is 34.5 Å². The first-order chi connectivity index (χ1) is 11.2. The van der Waals surface area contributed by atoms with Gasteiger partial charge in [-0.25, -0.2) is 13.2 Å². The van der Waals surface area contributed by atoms with E-state index in [0.29, 0.717) is 15.6 Å². The van der Waals surface area contributed by atoms with Crippen LogP contribution < -0.4 is 0 Å². The summed E-state index contributed by atoms with van der Waals surface area (Å²) in [4.78, 5) is 11.7. The van der Waals surface area contributed by atoms with E-state index >= 15 is 0 Å². The van der Waals surface area contributed by atoms with Crippen LogP contribution in [0.2, 0.25) is 10.0 Å². The van der Waals surface area contributed by atoms with Gasteiger partial charge >= 0.3 is 5.97 Å². The van der Waals surface area contributed by atoms with Crippen molar-refractivity contribution >= 4 is 50.5 Å². The Balaban J connectivity index is 2.42. The van der Waals surface area contributed by atoms with Gasteiger partial charge in [0.25, 0.3) is 0 Å². The molecule has 1 heterocycles. The lowest BCUT2D eigenvalue weighted by atomic mass is 10.1. The third kappa shape index (κ3) is 3.60. The number of carbonyl (C=O) groups excluding carboxylic acids is 1. The molecule has 2 aromatic rings. The quantitative estimate of drug-likeness (QED) is 0.695. The number of carbonyl (C=O) groups is 1. The number of esters is 1. The Kier molecular flexibility index (Phi) is 5.93. The van der Waals surface area contributed by atoms with Crippen LogP contribution in [-0.2, 0) is 14.8 Å². The standard InChI is InChI=1S/C15H15Cl2NO4S2/c1-9(11-5-4-10(16)8-12(11)17)18(2)24(20,21)13-6-7-23-14(13)15(19)22-3/h4-9H,1-3H3/t9-/m0/s1. The SMILES string of the molecule is COC(=O)c1sccc1S(=O)(=O)N(C)[C@@H](C)c1ccc(Cl)cc1Cl. The highest BCUT2D eigenvalue weighted by Gasteiger charge is 2.32. The minimum absolute atomic E-state index is 0.0405. The van der Waals surface area contributed by atoms with Crippen LogP contribution in [0.3, 0.4) is 0 Å². The molecule has 0 saturated heterocycles. The van der Waals surface area contributed by atoms with E-state index in [0.717, 1.165) is 15.6 Å². The molecule has 0 N–H and O–H groups in total. The minimum Gasteiger partial charge on any atom is -0.465 e. The molecule has 0 radical (unpaired) electrons. The zero-order chi connectivity index (χ0) is 18.1. The second-order valence-corrected chi connectivity index (χ2v) is 8.69. The van der Waals surface area contributed by atoms with E-state index in [1.165, 1.54) is 25.6 Å². The molecule has 0 aliphatic carbocycles. The topological polar surface area (TPSA) is 63.7 Å². The molecule has 2 rings (SSSR count). The number of hydrogen-bond donors (Lipinski definition) is 0. The predicted octanol–water partition coefficient (Wildman–Crippen LogP) is 4.22. The van der Waals surface area contributed by atoms with Gasteiger partial charge in [0, 0.05) is 23.1 Å². The Bertz CT molecular complexity index is 864. The van der Waals surface area contributed by atoms with Gasteiger partial charge in [0.1, 0.15) is 9.77 Å². The molecule has 1 aromatic carbocycles. The molecule has 9 heteroatoms. The summed E-state index contributed by atoms with van der Waals surface area (Å²) < 4.78 is 31.6. The molecule has 0 spiro atoms. The van der Waals surface area contributed by atoms with Crippen molar-refractivity contribution in [2.24, 2.45) is 0 Å². The van der Waals surface area contributed by atoms with Gasteiger partial charge in [0.2, 0.25) is 10.0 Å². The molecular formula is C15H15Cl2NO4S2. The highest BCUT2D eigenvalue weighted by atomic mass is 35.5. The monoisotopic (exact) mass is 407 g/mol. The van der Waals surface area contributed by atoms with Gasteiger partial charge in [-0.2, -0.15) is 4.31 Å². The largest absolute Gasteiger partial charge is 0.465 e. The smallest absolute Gasteiger partial charge is 0.349 e. The molecule has 1 atom stereocenters. The first kappa shape index (κ1) is 19.2. The van der Waals surface area contributed by atoms with Crippen molar-refractivity contribution < 1.29 is 17.9 Å². The molecule has 24 heavy (non-hydrogen) atoms. The van der Waals surface area contributed by atoms with Crippen molar-refractivity contribution in [2.45, 2.75) is 17.9 Å². The minimum atomic E-state index is -3.90. The Morgan fingerprint density at radius 3 is 2.54 bits per heavy atom. The van der Waals surface area contributed by atoms with E-state index in [2.05, 4.69) is 4.74 Å². The average Bonchev–Trinajstić information content (AvgIpc) is 3.03. The summed E-state index contributed by atoms with van der Waals surface area (Å²) in [5.41, 5.74) is 0.613. The molecule has 5 nitrogen and oxygen atoms in total. The molecule has 0 aliphatic heterocycles. The van der Waals surface area contributed by atoms with E-state index in [1.54, 1.807) is 25.1 Å². The van der Waals surface area contributed by atoms with Gasteiger partial charge in [0.05, 0.1) is 7.11 Å². The Hall–Kier alpha value is -1.12. The number of thiophene rings is 1. The average molecular weight is 408 g/mol. The maximum absolute atomic E-state index is 12.9. The van der Waals surface area contributed by atoms with Crippen molar-refractivity contribution in [3.8, 4) is 0 Å². The van der Waals surface area contributed by atoms with E-state index in [1.807, 2.05) is 0 Å². The summed E-state index contributed by atoms with van der Waals surface area (Å²) >= 11 is 13.1.